The smallest absolute Gasteiger partial charge is 0.230 e. The minimum Gasteiger partial charge on any atom is -0.367 e. The van der Waals surface area contributed by atoms with Gasteiger partial charge in [0.1, 0.15) is 5.69 Å². The zero-order chi connectivity index (χ0) is 14.1. The lowest BCUT2D eigenvalue weighted by molar-refractivity contribution is 0.439. The maximum Gasteiger partial charge on any atom is 0.230 e. The summed E-state index contributed by atoms with van der Waals surface area (Å²) in [6.45, 7) is 2.05. The van der Waals surface area contributed by atoms with Crippen molar-refractivity contribution in [3.63, 3.8) is 0 Å². The van der Waals surface area contributed by atoms with Crippen LogP contribution in [0.1, 0.15) is 5.56 Å². The molecule has 3 nitrogen and oxygen atoms in total. The van der Waals surface area contributed by atoms with Gasteiger partial charge in [-0.25, -0.2) is 0 Å². The van der Waals surface area contributed by atoms with Gasteiger partial charge in [0.15, 0.2) is 0 Å². The van der Waals surface area contributed by atoms with Crippen LogP contribution in [0.15, 0.2) is 57.5 Å². The number of nitrogens with zero attached hydrogens (tertiary/aromatic N) is 1. The Labute approximate surface area is 125 Å². The summed E-state index contributed by atoms with van der Waals surface area (Å²) in [5.41, 5.74) is 10.7. The maximum atomic E-state index is 5.97. The Hall–Kier alpha value is -2.07. The molecule has 4 heteroatoms. The Morgan fingerprint density at radius 1 is 1.10 bits per heavy atom. The van der Waals surface area contributed by atoms with Crippen LogP contribution < -0.4 is 5.73 Å². The number of halogens is 1. The maximum absolute atomic E-state index is 5.97. The number of hydrogen-bond donors (Lipinski definition) is 1. The van der Waals surface area contributed by atoms with Crippen LogP contribution in [0.3, 0.4) is 0 Å². The molecule has 0 unspecified atom stereocenters. The lowest BCUT2D eigenvalue weighted by atomic mass is 10.00. The van der Waals surface area contributed by atoms with Gasteiger partial charge in [-0.1, -0.05) is 63.0 Å². The normalized spacial score (nSPS) is 10.7. The standard InChI is InChI=1S/C16H13BrN2O/c1-10-5-4-6-11(9-10)15-14(16(18)20-19-15)12-7-2-3-8-13(12)17/h2-9H,18H2,1H3. The van der Waals surface area contributed by atoms with Crippen LogP contribution in [-0.4, -0.2) is 5.16 Å². The molecule has 2 aromatic carbocycles. The van der Waals surface area contributed by atoms with Crippen molar-refractivity contribution in [1.82, 2.24) is 5.16 Å². The lowest BCUT2D eigenvalue weighted by Crippen LogP contribution is -1.89. The predicted octanol–water partition coefficient (Wildman–Crippen LogP) is 4.66. The Morgan fingerprint density at radius 2 is 1.90 bits per heavy atom. The van der Waals surface area contributed by atoms with Gasteiger partial charge in [0.25, 0.3) is 0 Å². The third-order valence-electron chi connectivity index (χ3n) is 3.15. The molecule has 0 bridgehead atoms. The summed E-state index contributed by atoms with van der Waals surface area (Å²) in [6, 6.07) is 16.0. The fourth-order valence-electron chi connectivity index (χ4n) is 2.22. The highest BCUT2D eigenvalue weighted by molar-refractivity contribution is 9.10. The zero-order valence-corrected chi connectivity index (χ0v) is 12.5. The first-order valence-electron chi connectivity index (χ1n) is 6.24. The minimum atomic E-state index is 0.327. The van der Waals surface area contributed by atoms with Crippen LogP contribution in [-0.2, 0) is 0 Å². The average Bonchev–Trinajstić information content (AvgIpc) is 2.81. The second-order valence-electron chi connectivity index (χ2n) is 4.62. The van der Waals surface area contributed by atoms with Crippen LogP contribution in [0.5, 0.6) is 0 Å². The van der Waals surface area contributed by atoms with Gasteiger partial charge in [-0.3, -0.25) is 0 Å². The first-order chi connectivity index (χ1) is 9.66. The van der Waals surface area contributed by atoms with Crippen molar-refractivity contribution in [1.29, 1.82) is 0 Å². The summed E-state index contributed by atoms with van der Waals surface area (Å²) in [7, 11) is 0. The Morgan fingerprint density at radius 3 is 2.65 bits per heavy atom. The van der Waals surface area contributed by atoms with Crippen molar-refractivity contribution in [2.75, 3.05) is 5.73 Å². The van der Waals surface area contributed by atoms with E-state index >= 15 is 0 Å². The molecule has 3 rings (SSSR count). The Kier molecular flexibility index (Phi) is 3.32. The molecule has 0 fully saturated rings. The van der Waals surface area contributed by atoms with E-state index in [1.807, 2.05) is 49.4 Å². The molecule has 0 aliphatic heterocycles. The van der Waals surface area contributed by atoms with Gasteiger partial charge in [0, 0.05) is 15.6 Å². The molecule has 1 aromatic heterocycles. The van der Waals surface area contributed by atoms with Crippen molar-refractivity contribution in [2.45, 2.75) is 6.92 Å². The first kappa shape index (κ1) is 12.9. The van der Waals surface area contributed by atoms with Gasteiger partial charge in [-0.15, -0.1) is 0 Å². The van der Waals surface area contributed by atoms with E-state index in [1.54, 1.807) is 0 Å². The number of benzene rings is 2. The Bertz CT molecular complexity index is 765. The summed E-state index contributed by atoms with van der Waals surface area (Å²) in [6.07, 6.45) is 0. The molecule has 0 saturated carbocycles. The molecule has 0 saturated heterocycles. The van der Waals surface area contributed by atoms with E-state index in [0.717, 1.165) is 26.9 Å². The summed E-state index contributed by atoms with van der Waals surface area (Å²) in [5.74, 6) is 0.327. The molecule has 0 amide bonds. The van der Waals surface area contributed by atoms with Crippen LogP contribution in [0.4, 0.5) is 5.88 Å². The highest BCUT2D eigenvalue weighted by Crippen LogP contribution is 2.39. The highest BCUT2D eigenvalue weighted by Gasteiger charge is 2.19. The van der Waals surface area contributed by atoms with E-state index in [-0.39, 0.29) is 0 Å². The minimum absolute atomic E-state index is 0.327. The SMILES string of the molecule is Cc1cccc(-c2noc(N)c2-c2ccccc2Br)c1. The monoisotopic (exact) mass is 328 g/mol. The van der Waals surface area contributed by atoms with Crippen LogP contribution in [0.25, 0.3) is 22.4 Å². The van der Waals surface area contributed by atoms with Gasteiger partial charge >= 0.3 is 0 Å². The fraction of sp³-hybridized carbons (Fsp3) is 0.0625. The van der Waals surface area contributed by atoms with Gasteiger partial charge in [-0.05, 0) is 19.1 Å². The quantitative estimate of drug-likeness (QED) is 0.744. The van der Waals surface area contributed by atoms with E-state index in [2.05, 4.69) is 27.2 Å². The molecule has 100 valence electrons. The lowest BCUT2D eigenvalue weighted by Gasteiger charge is -2.05. The molecule has 3 aromatic rings. The summed E-state index contributed by atoms with van der Waals surface area (Å²) in [5, 5.41) is 4.12. The van der Waals surface area contributed by atoms with Crippen molar-refractivity contribution < 1.29 is 4.52 Å². The predicted molar refractivity (Wildman–Crippen MR) is 84.2 cm³/mol. The largest absolute Gasteiger partial charge is 0.367 e. The number of aryl methyl sites for hydroxylation is 1. The second kappa shape index (κ2) is 5.13. The molecular formula is C16H13BrN2O. The van der Waals surface area contributed by atoms with E-state index in [0.29, 0.717) is 5.88 Å². The fourth-order valence-corrected chi connectivity index (χ4v) is 2.70. The number of rotatable bonds is 2. The molecule has 0 aliphatic rings. The molecule has 1 heterocycles. The highest BCUT2D eigenvalue weighted by atomic mass is 79.9. The van der Waals surface area contributed by atoms with E-state index in [1.165, 1.54) is 5.56 Å². The van der Waals surface area contributed by atoms with E-state index in [4.69, 9.17) is 10.3 Å². The van der Waals surface area contributed by atoms with Crippen molar-refractivity contribution in [2.24, 2.45) is 0 Å². The number of anilines is 1. The molecular weight excluding hydrogens is 316 g/mol. The molecule has 20 heavy (non-hydrogen) atoms. The summed E-state index contributed by atoms with van der Waals surface area (Å²) in [4.78, 5) is 0. The van der Waals surface area contributed by atoms with Crippen molar-refractivity contribution in [3.05, 3.63) is 58.6 Å². The Balaban J connectivity index is 2.23. The van der Waals surface area contributed by atoms with E-state index in [9.17, 15) is 0 Å². The van der Waals surface area contributed by atoms with Crippen LogP contribution in [0, 0.1) is 6.92 Å². The number of aromatic nitrogens is 1. The summed E-state index contributed by atoms with van der Waals surface area (Å²) >= 11 is 3.55. The van der Waals surface area contributed by atoms with Crippen molar-refractivity contribution in [3.8, 4) is 22.4 Å². The molecule has 0 aliphatic carbocycles. The first-order valence-corrected chi connectivity index (χ1v) is 7.03. The number of hydrogen-bond acceptors (Lipinski definition) is 3. The topological polar surface area (TPSA) is 52.0 Å². The second-order valence-corrected chi connectivity index (χ2v) is 5.47. The number of nitrogen functional groups attached to an aromatic ring is 1. The third-order valence-corrected chi connectivity index (χ3v) is 3.84. The van der Waals surface area contributed by atoms with E-state index < -0.39 is 0 Å². The molecule has 0 atom stereocenters. The summed E-state index contributed by atoms with van der Waals surface area (Å²) < 4.78 is 6.17. The van der Waals surface area contributed by atoms with Gasteiger partial charge < -0.3 is 10.3 Å². The molecule has 0 radical (unpaired) electrons. The molecule has 0 spiro atoms. The average molecular weight is 329 g/mol. The third kappa shape index (κ3) is 2.23. The zero-order valence-electron chi connectivity index (χ0n) is 10.9. The van der Waals surface area contributed by atoms with Gasteiger partial charge in [0.2, 0.25) is 5.88 Å². The van der Waals surface area contributed by atoms with Gasteiger partial charge in [-0.2, -0.15) is 0 Å². The van der Waals surface area contributed by atoms with Gasteiger partial charge in [0.05, 0.1) is 5.56 Å². The van der Waals surface area contributed by atoms with Crippen LogP contribution >= 0.6 is 15.9 Å². The van der Waals surface area contributed by atoms with Crippen molar-refractivity contribution >= 4 is 21.8 Å². The molecule has 2 N–H and O–H groups in total. The number of nitrogens with two attached hydrogens (primary N) is 1. The van der Waals surface area contributed by atoms with Crippen LogP contribution in [0.2, 0.25) is 0 Å².